The lowest BCUT2D eigenvalue weighted by atomic mass is 10.0. The van der Waals surface area contributed by atoms with Gasteiger partial charge in [-0.25, -0.2) is 4.79 Å². The van der Waals surface area contributed by atoms with Crippen molar-refractivity contribution in [3.8, 4) is 0 Å². The lowest BCUT2D eigenvalue weighted by Gasteiger charge is -2.29. The molecule has 4 aromatic rings. The molecule has 6 nitrogen and oxygen atoms in total. The second-order valence-electron chi connectivity index (χ2n) is 8.97. The number of para-hydroxylation sites is 1. The average Bonchev–Trinajstić information content (AvgIpc) is 3.58. The first kappa shape index (κ1) is 22.2. The number of fused-ring (bicyclic) bond motifs is 2. The maximum absolute atomic E-state index is 11.5. The number of esters is 1. The highest BCUT2D eigenvalue weighted by Gasteiger charge is 2.28. The van der Waals surface area contributed by atoms with Crippen LogP contribution >= 0.6 is 0 Å². The van der Waals surface area contributed by atoms with Crippen LogP contribution in [0.1, 0.15) is 46.0 Å². The van der Waals surface area contributed by atoms with Crippen molar-refractivity contribution in [1.29, 1.82) is 0 Å². The number of methoxy groups -OCH3 is 1. The van der Waals surface area contributed by atoms with Crippen LogP contribution < -0.4 is 0 Å². The molecule has 1 unspecified atom stereocenters. The molecule has 1 aliphatic rings. The number of hydrogen-bond donors (Lipinski definition) is 2. The summed E-state index contributed by atoms with van der Waals surface area (Å²) in [4.78, 5) is 17.5. The lowest BCUT2D eigenvalue weighted by molar-refractivity contribution is -0.134. The zero-order chi connectivity index (χ0) is 23.5. The number of aromatic nitrogens is 3. The van der Waals surface area contributed by atoms with Crippen molar-refractivity contribution in [1.82, 2.24) is 20.1 Å². The Balaban J connectivity index is 1.39. The summed E-state index contributed by atoms with van der Waals surface area (Å²) in [6.45, 7) is 3.90. The monoisotopic (exact) mass is 454 g/mol. The zero-order valence-corrected chi connectivity index (χ0v) is 19.7. The van der Waals surface area contributed by atoms with Gasteiger partial charge in [-0.2, -0.15) is 5.10 Å². The van der Waals surface area contributed by atoms with Gasteiger partial charge in [0.1, 0.15) is 0 Å². The van der Waals surface area contributed by atoms with Crippen molar-refractivity contribution in [3.63, 3.8) is 0 Å². The van der Waals surface area contributed by atoms with E-state index >= 15 is 0 Å². The van der Waals surface area contributed by atoms with E-state index in [0.29, 0.717) is 6.04 Å². The average molecular weight is 455 g/mol. The summed E-state index contributed by atoms with van der Waals surface area (Å²) in [7, 11) is 1.40. The number of nitrogens with zero attached hydrogens (tertiary/aromatic N) is 2. The minimum Gasteiger partial charge on any atom is -0.466 e. The van der Waals surface area contributed by atoms with Gasteiger partial charge in [0, 0.05) is 53.6 Å². The van der Waals surface area contributed by atoms with Crippen LogP contribution in [0, 0.1) is 6.92 Å². The van der Waals surface area contributed by atoms with Crippen molar-refractivity contribution >= 4 is 22.9 Å². The molecule has 0 amide bonds. The van der Waals surface area contributed by atoms with Gasteiger partial charge in [0.25, 0.3) is 0 Å². The van der Waals surface area contributed by atoms with E-state index in [2.05, 4.69) is 75.7 Å². The molecule has 1 aliphatic carbocycles. The first-order valence-electron chi connectivity index (χ1n) is 11.8. The van der Waals surface area contributed by atoms with Gasteiger partial charge < -0.3 is 9.72 Å². The second kappa shape index (κ2) is 9.69. The van der Waals surface area contributed by atoms with E-state index in [9.17, 15) is 4.79 Å². The van der Waals surface area contributed by atoms with E-state index in [1.54, 1.807) is 0 Å². The maximum Gasteiger partial charge on any atom is 0.330 e. The van der Waals surface area contributed by atoms with Crippen molar-refractivity contribution in [2.45, 2.75) is 38.8 Å². The predicted molar refractivity (Wildman–Crippen MR) is 134 cm³/mol. The Bertz CT molecular complexity index is 1330. The Kier molecular flexibility index (Phi) is 6.32. The minimum absolute atomic E-state index is 0.336. The van der Waals surface area contributed by atoms with Gasteiger partial charge in [0.15, 0.2) is 0 Å². The summed E-state index contributed by atoms with van der Waals surface area (Å²) < 4.78 is 4.71. The maximum atomic E-state index is 11.5. The molecule has 0 radical (unpaired) electrons. The van der Waals surface area contributed by atoms with E-state index in [4.69, 9.17) is 4.74 Å². The quantitative estimate of drug-likeness (QED) is 0.286. The number of carbonyl (C=O) groups excluding carboxylic acids is 1. The molecule has 0 fully saturated rings. The van der Waals surface area contributed by atoms with Crippen LogP contribution in [0.3, 0.4) is 0 Å². The number of hydrogen-bond acceptors (Lipinski definition) is 4. The van der Waals surface area contributed by atoms with Gasteiger partial charge >= 0.3 is 5.97 Å². The van der Waals surface area contributed by atoms with Crippen LogP contribution in [-0.4, -0.2) is 39.7 Å². The molecule has 0 saturated heterocycles. The summed E-state index contributed by atoms with van der Waals surface area (Å²) in [5.74, 6) is -0.336. The Morgan fingerprint density at radius 3 is 2.94 bits per heavy atom. The van der Waals surface area contributed by atoms with Gasteiger partial charge in [-0.05, 0) is 60.6 Å². The topological polar surface area (TPSA) is 74.0 Å². The normalized spacial score (nSPS) is 15.4. The van der Waals surface area contributed by atoms with E-state index in [0.717, 1.165) is 43.6 Å². The minimum atomic E-state index is -0.336. The van der Waals surface area contributed by atoms with E-state index in [-0.39, 0.29) is 5.97 Å². The first-order chi connectivity index (χ1) is 16.6. The molecule has 2 aromatic heterocycles. The number of nitrogens with one attached hydrogen (secondary N) is 2. The van der Waals surface area contributed by atoms with E-state index < -0.39 is 0 Å². The molecule has 0 spiro atoms. The molecular weight excluding hydrogens is 424 g/mol. The Morgan fingerprint density at radius 2 is 2.12 bits per heavy atom. The molecular formula is C28H30N4O2. The fourth-order valence-electron chi connectivity index (χ4n) is 5.03. The standard InChI is InChI=1S/C28H30N4O2/c1-19-23(17-30-31-19)18-32(14-13-22-16-29-26-6-4-3-5-24(22)26)27-11-9-21-15-20(7-10-25(21)27)8-12-28(33)34-2/h3-8,10,12,15-17,27,29H,9,11,13-14,18H2,1-2H3,(H,30,31). The summed E-state index contributed by atoms with van der Waals surface area (Å²) in [5, 5.41) is 8.64. The highest BCUT2D eigenvalue weighted by molar-refractivity contribution is 5.87. The Labute approximate surface area is 199 Å². The molecule has 2 heterocycles. The number of aryl methyl sites for hydroxylation is 2. The number of H-pyrrole nitrogens is 2. The van der Waals surface area contributed by atoms with E-state index in [1.165, 1.54) is 46.3 Å². The largest absolute Gasteiger partial charge is 0.466 e. The molecule has 34 heavy (non-hydrogen) atoms. The van der Waals surface area contributed by atoms with Gasteiger partial charge in [0.05, 0.1) is 13.3 Å². The number of aromatic amines is 2. The molecule has 1 atom stereocenters. The molecule has 2 N–H and O–H groups in total. The molecule has 0 aliphatic heterocycles. The van der Waals surface area contributed by atoms with Crippen LogP contribution in [0.2, 0.25) is 0 Å². The molecule has 0 saturated carbocycles. The van der Waals surface area contributed by atoms with Crippen LogP contribution in [0.25, 0.3) is 17.0 Å². The number of ether oxygens (including phenoxy) is 1. The molecule has 2 aromatic carbocycles. The fourth-order valence-corrected chi connectivity index (χ4v) is 5.03. The molecule has 5 rings (SSSR count). The van der Waals surface area contributed by atoms with Gasteiger partial charge in [-0.15, -0.1) is 0 Å². The third-order valence-corrected chi connectivity index (χ3v) is 6.92. The van der Waals surface area contributed by atoms with Gasteiger partial charge in [-0.1, -0.05) is 36.4 Å². The zero-order valence-electron chi connectivity index (χ0n) is 19.7. The predicted octanol–water partition coefficient (Wildman–Crippen LogP) is 5.12. The Hall–Kier alpha value is -3.64. The summed E-state index contributed by atoms with van der Waals surface area (Å²) in [5.41, 5.74) is 8.68. The SMILES string of the molecule is COC(=O)C=Cc1ccc2c(c1)CCC2N(CCc1c[nH]c2ccccc12)Cc1cn[nH]c1C. The third kappa shape index (κ3) is 4.54. The van der Waals surface area contributed by atoms with Crippen molar-refractivity contribution < 1.29 is 9.53 Å². The molecule has 6 heteroatoms. The van der Waals surface area contributed by atoms with Crippen molar-refractivity contribution in [3.05, 3.63) is 94.4 Å². The smallest absolute Gasteiger partial charge is 0.330 e. The van der Waals surface area contributed by atoms with Crippen molar-refractivity contribution in [2.24, 2.45) is 0 Å². The van der Waals surface area contributed by atoms with Crippen LogP contribution in [0.15, 0.2) is 60.9 Å². The molecule has 174 valence electrons. The van der Waals surface area contributed by atoms with Gasteiger partial charge in [-0.3, -0.25) is 10.00 Å². The second-order valence-corrected chi connectivity index (χ2v) is 8.97. The summed E-state index contributed by atoms with van der Waals surface area (Å²) in [6, 6.07) is 15.4. The number of benzene rings is 2. The van der Waals surface area contributed by atoms with Crippen LogP contribution in [0.4, 0.5) is 0 Å². The Morgan fingerprint density at radius 1 is 1.24 bits per heavy atom. The highest BCUT2D eigenvalue weighted by Crippen LogP contribution is 2.37. The number of carbonyl (C=O) groups is 1. The summed E-state index contributed by atoms with van der Waals surface area (Å²) >= 11 is 0. The van der Waals surface area contributed by atoms with Crippen molar-refractivity contribution in [2.75, 3.05) is 13.7 Å². The van der Waals surface area contributed by atoms with Gasteiger partial charge in [0.2, 0.25) is 0 Å². The fraction of sp³-hybridized carbons (Fsp3) is 0.286. The van der Waals surface area contributed by atoms with E-state index in [1.807, 2.05) is 12.3 Å². The first-order valence-corrected chi connectivity index (χ1v) is 11.8. The summed E-state index contributed by atoms with van der Waals surface area (Å²) in [6.07, 6.45) is 10.5. The third-order valence-electron chi connectivity index (χ3n) is 6.92. The molecule has 0 bridgehead atoms. The van der Waals surface area contributed by atoms with Crippen LogP contribution in [-0.2, 0) is 28.9 Å². The van der Waals surface area contributed by atoms with Crippen LogP contribution in [0.5, 0.6) is 0 Å². The number of rotatable bonds is 8. The lowest BCUT2D eigenvalue weighted by Crippen LogP contribution is -2.29. The highest BCUT2D eigenvalue weighted by atomic mass is 16.5.